The van der Waals surface area contributed by atoms with E-state index in [4.69, 9.17) is 0 Å². The zero-order valence-corrected chi connectivity index (χ0v) is 13.7. The van der Waals surface area contributed by atoms with Gasteiger partial charge >= 0.3 is 0 Å². The first-order chi connectivity index (χ1) is 9.94. The Morgan fingerprint density at radius 1 is 1.14 bits per heavy atom. The Labute approximate surface area is 133 Å². The van der Waals surface area contributed by atoms with Crippen LogP contribution in [-0.4, -0.2) is 17.4 Å². The van der Waals surface area contributed by atoms with E-state index in [9.17, 15) is 4.79 Å². The second-order valence-corrected chi connectivity index (χ2v) is 7.18. The molecule has 1 fully saturated rings. The van der Waals surface area contributed by atoms with E-state index < -0.39 is 0 Å². The van der Waals surface area contributed by atoms with Crippen molar-refractivity contribution in [2.75, 3.05) is 11.4 Å². The van der Waals surface area contributed by atoms with E-state index in [0.29, 0.717) is 6.42 Å². The van der Waals surface area contributed by atoms with E-state index in [1.165, 1.54) is 0 Å². The number of hydrogen-bond acceptors (Lipinski definition) is 2. The first-order valence-electron chi connectivity index (χ1n) is 6.96. The first-order valence-corrected chi connectivity index (χ1v) is 7.75. The summed E-state index contributed by atoms with van der Waals surface area (Å²) in [5.74, 6) is 0.205. The SMILES string of the molecule is CC1(C)CC(=O)N(c2ccc(-c3cncc(Br)c3)cc2)C1. The summed E-state index contributed by atoms with van der Waals surface area (Å²) in [6.07, 6.45) is 4.22. The normalized spacial score (nSPS) is 17.3. The van der Waals surface area contributed by atoms with Crippen LogP contribution >= 0.6 is 15.9 Å². The number of benzene rings is 1. The Bertz CT molecular complexity index is 679. The van der Waals surface area contributed by atoms with Gasteiger partial charge in [0.2, 0.25) is 5.91 Å². The van der Waals surface area contributed by atoms with Gasteiger partial charge in [0, 0.05) is 41.1 Å². The van der Waals surface area contributed by atoms with E-state index >= 15 is 0 Å². The predicted molar refractivity (Wildman–Crippen MR) is 88.1 cm³/mol. The molecule has 0 bridgehead atoms. The van der Waals surface area contributed by atoms with Crippen LogP contribution in [0.3, 0.4) is 0 Å². The second kappa shape index (κ2) is 5.26. The molecule has 0 unspecified atom stereocenters. The number of hydrogen-bond donors (Lipinski definition) is 0. The highest BCUT2D eigenvalue weighted by Crippen LogP contribution is 2.34. The third-order valence-corrected chi connectivity index (χ3v) is 4.17. The molecule has 3 rings (SSSR count). The van der Waals surface area contributed by atoms with Gasteiger partial charge in [0.1, 0.15) is 0 Å². The fourth-order valence-electron chi connectivity index (χ4n) is 2.72. The fraction of sp³-hybridized carbons (Fsp3) is 0.294. The van der Waals surface area contributed by atoms with E-state index in [1.54, 1.807) is 6.20 Å². The highest BCUT2D eigenvalue weighted by Gasteiger charge is 2.36. The van der Waals surface area contributed by atoms with Crippen molar-refractivity contribution in [3.05, 3.63) is 47.2 Å². The quantitative estimate of drug-likeness (QED) is 0.814. The number of carbonyl (C=O) groups is 1. The molecule has 0 radical (unpaired) electrons. The van der Waals surface area contributed by atoms with Crippen LogP contribution < -0.4 is 4.90 Å². The van der Waals surface area contributed by atoms with E-state index in [0.717, 1.165) is 27.8 Å². The lowest BCUT2D eigenvalue weighted by atomic mass is 9.93. The molecule has 21 heavy (non-hydrogen) atoms. The number of amides is 1. The number of aromatic nitrogens is 1. The van der Waals surface area contributed by atoms with Crippen molar-refractivity contribution in [2.45, 2.75) is 20.3 Å². The van der Waals surface area contributed by atoms with Gasteiger partial charge in [0.25, 0.3) is 0 Å². The monoisotopic (exact) mass is 344 g/mol. The second-order valence-electron chi connectivity index (χ2n) is 6.26. The standard InChI is InChI=1S/C17H17BrN2O/c1-17(2)8-16(21)20(11-17)15-5-3-12(4-6-15)13-7-14(18)10-19-9-13/h3-7,9-10H,8,11H2,1-2H3. The highest BCUT2D eigenvalue weighted by molar-refractivity contribution is 9.10. The maximum atomic E-state index is 12.1. The Morgan fingerprint density at radius 3 is 2.43 bits per heavy atom. The lowest BCUT2D eigenvalue weighted by Crippen LogP contribution is -2.25. The summed E-state index contributed by atoms with van der Waals surface area (Å²) in [5.41, 5.74) is 3.18. The van der Waals surface area contributed by atoms with Gasteiger partial charge < -0.3 is 4.90 Å². The Balaban J connectivity index is 1.87. The first kappa shape index (κ1) is 14.3. The molecule has 0 aliphatic carbocycles. The molecule has 0 atom stereocenters. The van der Waals surface area contributed by atoms with Gasteiger partial charge in [-0.2, -0.15) is 0 Å². The van der Waals surface area contributed by atoms with Crippen molar-refractivity contribution in [3.63, 3.8) is 0 Å². The molecule has 1 amide bonds. The maximum Gasteiger partial charge on any atom is 0.227 e. The summed E-state index contributed by atoms with van der Waals surface area (Å²) in [7, 11) is 0. The number of nitrogens with zero attached hydrogens (tertiary/aromatic N) is 2. The molecule has 1 saturated heterocycles. The minimum atomic E-state index is 0.0595. The molecule has 4 heteroatoms. The van der Waals surface area contributed by atoms with E-state index in [1.807, 2.05) is 41.4 Å². The fourth-order valence-corrected chi connectivity index (χ4v) is 3.08. The molecule has 1 aromatic carbocycles. The molecule has 1 aliphatic heterocycles. The number of halogens is 1. The van der Waals surface area contributed by atoms with Crippen LogP contribution in [0.2, 0.25) is 0 Å². The Morgan fingerprint density at radius 2 is 1.86 bits per heavy atom. The Hall–Kier alpha value is -1.68. The average Bonchev–Trinajstić information content (AvgIpc) is 2.72. The molecule has 2 heterocycles. The van der Waals surface area contributed by atoms with Crippen molar-refractivity contribution in [1.29, 1.82) is 0 Å². The van der Waals surface area contributed by atoms with E-state index in [-0.39, 0.29) is 11.3 Å². The van der Waals surface area contributed by atoms with Gasteiger partial charge in [0.15, 0.2) is 0 Å². The molecule has 1 aromatic heterocycles. The van der Waals surface area contributed by atoms with Crippen LogP contribution in [0.4, 0.5) is 5.69 Å². The van der Waals surface area contributed by atoms with Crippen molar-refractivity contribution in [2.24, 2.45) is 5.41 Å². The zero-order chi connectivity index (χ0) is 15.0. The molecule has 3 nitrogen and oxygen atoms in total. The lowest BCUT2D eigenvalue weighted by molar-refractivity contribution is -0.117. The van der Waals surface area contributed by atoms with Crippen LogP contribution in [0.25, 0.3) is 11.1 Å². The number of rotatable bonds is 2. The van der Waals surface area contributed by atoms with Crippen LogP contribution in [0.15, 0.2) is 47.2 Å². The number of anilines is 1. The van der Waals surface area contributed by atoms with Gasteiger partial charge in [0.05, 0.1) is 0 Å². The minimum absolute atomic E-state index is 0.0595. The molecular formula is C17H17BrN2O. The number of pyridine rings is 1. The van der Waals surface area contributed by atoms with Gasteiger partial charge in [-0.1, -0.05) is 26.0 Å². The summed E-state index contributed by atoms with van der Waals surface area (Å²) in [6, 6.07) is 10.1. The molecule has 0 N–H and O–H groups in total. The smallest absolute Gasteiger partial charge is 0.227 e. The summed E-state index contributed by atoms with van der Waals surface area (Å²) in [4.78, 5) is 18.2. The minimum Gasteiger partial charge on any atom is -0.312 e. The van der Waals surface area contributed by atoms with Crippen molar-refractivity contribution < 1.29 is 4.79 Å². The average molecular weight is 345 g/mol. The van der Waals surface area contributed by atoms with Crippen LogP contribution in [-0.2, 0) is 4.79 Å². The zero-order valence-electron chi connectivity index (χ0n) is 12.1. The van der Waals surface area contributed by atoms with Crippen LogP contribution in [0, 0.1) is 5.41 Å². The third-order valence-electron chi connectivity index (χ3n) is 3.73. The van der Waals surface area contributed by atoms with Gasteiger partial charge in [-0.15, -0.1) is 0 Å². The third kappa shape index (κ3) is 3.00. The van der Waals surface area contributed by atoms with Gasteiger partial charge in [-0.05, 0) is 45.1 Å². The van der Waals surface area contributed by atoms with Crippen molar-refractivity contribution in [3.8, 4) is 11.1 Å². The maximum absolute atomic E-state index is 12.1. The van der Waals surface area contributed by atoms with Gasteiger partial charge in [-0.3, -0.25) is 9.78 Å². The Kier molecular flexibility index (Phi) is 3.57. The molecule has 0 spiro atoms. The van der Waals surface area contributed by atoms with Gasteiger partial charge in [-0.25, -0.2) is 0 Å². The van der Waals surface area contributed by atoms with Crippen molar-refractivity contribution >= 4 is 27.5 Å². The van der Waals surface area contributed by atoms with Crippen LogP contribution in [0.1, 0.15) is 20.3 Å². The molecule has 0 saturated carbocycles. The lowest BCUT2D eigenvalue weighted by Gasteiger charge is -2.20. The largest absolute Gasteiger partial charge is 0.312 e. The number of carbonyl (C=O) groups excluding carboxylic acids is 1. The van der Waals surface area contributed by atoms with Crippen LogP contribution in [0.5, 0.6) is 0 Å². The van der Waals surface area contributed by atoms with Crippen molar-refractivity contribution in [1.82, 2.24) is 4.98 Å². The summed E-state index contributed by atoms with van der Waals surface area (Å²) in [5, 5.41) is 0. The molecule has 2 aromatic rings. The molecular weight excluding hydrogens is 328 g/mol. The summed E-state index contributed by atoms with van der Waals surface area (Å²) >= 11 is 3.43. The van der Waals surface area contributed by atoms with E-state index in [2.05, 4.69) is 34.8 Å². The predicted octanol–water partition coefficient (Wildman–Crippen LogP) is 4.27. The topological polar surface area (TPSA) is 33.2 Å². The highest BCUT2D eigenvalue weighted by atomic mass is 79.9. The molecule has 1 aliphatic rings. The molecule has 108 valence electrons. The summed E-state index contributed by atoms with van der Waals surface area (Å²) < 4.78 is 0.959. The summed E-state index contributed by atoms with van der Waals surface area (Å²) in [6.45, 7) is 5.04.